The predicted octanol–water partition coefficient (Wildman–Crippen LogP) is 2.24. The van der Waals surface area contributed by atoms with Crippen molar-refractivity contribution in [2.24, 2.45) is 0 Å². The van der Waals surface area contributed by atoms with Gasteiger partial charge in [-0.3, -0.25) is 13.9 Å². The molecule has 9 nitrogen and oxygen atoms in total. The smallest absolute Gasteiger partial charge is 0.254 e. The quantitative estimate of drug-likeness (QED) is 0.564. The van der Waals surface area contributed by atoms with E-state index >= 15 is 0 Å². The Labute approximate surface area is 217 Å². The molecule has 0 N–H and O–H groups in total. The number of piperazine rings is 1. The van der Waals surface area contributed by atoms with Crippen LogP contribution in [-0.2, 0) is 19.6 Å². The van der Waals surface area contributed by atoms with Crippen molar-refractivity contribution < 1.29 is 22.7 Å². The molecule has 2 aromatic carbocycles. The number of benzene rings is 2. The van der Waals surface area contributed by atoms with Gasteiger partial charge in [-0.05, 0) is 48.9 Å². The number of morpholine rings is 1. The van der Waals surface area contributed by atoms with Gasteiger partial charge in [-0.1, -0.05) is 17.7 Å². The van der Waals surface area contributed by atoms with E-state index in [1.165, 1.54) is 0 Å². The number of carbonyl (C=O) groups excluding carboxylic acids is 2. The summed E-state index contributed by atoms with van der Waals surface area (Å²) in [7, 11) is -3.72. The van der Waals surface area contributed by atoms with Gasteiger partial charge in [0.25, 0.3) is 5.91 Å². The molecule has 2 aliphatic rings. The zero-order valence-electron chi connectivity index (χ0n) is 20.5. The van der Waals surface area contributed by atoms with Crippen LogP contribution in [-0.4, -0.2) is 95.3 Å². The fourth-order valence-corrected chi connectivity index (χ4v) is 5.48. The topological polar surface area (TPSA) is 90.5 Å². The van der Waals surface area contributed by atoms with E-state index in [0.717, 1.165) is 21.8 Å². The minimum atomic E-state index is -3.72. The van der Waals surface area contributed by atoms with Gasteiger partial charge in [-0.15, -0.1) is 0 Å². The van der Waals surface area contributed by atoms with E-state index in [-0.39, 0.29) is 18.4 Å². The van der Waals surface area contributed by atoms with Crippen molar-refractivity contribution in [3.63, 3.8) is 0 Å². The first-order chi connectivity index (χ1) is 17.1. The molecule has 2 fully saturated rings. The maximum atomic E-state index is 13.1. The van der Waals surface area contributed by atoms with Crippen molar-refractivity contribution in [3.05, 3.63) is 58.6 Å². The van der Waals surface area contributed by atoms with Gasteiger partial charge in [0.1, 0.15) is 6.54 Å². The Morgan fingerprint density at radius 1 is 0.944 bits per heavy atom. The number of carbonyl (C=O) groups is 2. The molecule has 2 saturated heterocycles. The molecular weight excluding hydrogens is 504 g/mol. The number of nitrogens with zero attached hydrogens (tertiary/aromatic N) is 4. The lowest BCUT2D eigenvalue weighted by atomic mass is 10.1. The summed E-state index contributed by atoms with van der Waals surface area (Å²) in [4.78, 5) is 31.4. The van der Waals surface area contributed by atoms with Crippen molar-refractivity contribution in [2.45, 2.75) is 6.92 Å². The molecule has 0 radical (unpaired) electrons. The van der Waals surface area contributed by atoms with Crippen LogP contribution in [0.25, 0.3) is 0 Å². The number of halogens is 1. The molecule has 2 heterocycles. The maximum Gasteiger partial charge on any atom is 0.254 e. The summed E-state index contributed by atoms with van der Waals surface area (Å²) in [6, 6.07) is 12.1. The third-order valence-electron chi connectivity index (χ3n) is 6.52. The molecule has 0 saturated carbocycles. The van der Waals surface area contributed by atoms with Crippen molar-refractivity contribution >= 4 is 44.8 Å². The SMILES string of the molecule is Cc1ccc(Cl)cc1N1CCN(C(=O)CN(c2ccc(C(=O)N3CCOCC3)cc2)S(C)(=O)=O)CC1. The first kappa shape index (κ1) is 26.2. The summed E-state index contributed by atoms with van der Waals surface area (Å²) in [5, 5.41) is 0.663. The molecule has 11 heteroatoms. The van der Waals surface area contributed by atoms with Crippen molar-refractivity contribution in [1.82, 2.24) is 9.80 Å². The zero-order chi connectivity index (χ0) is 25.9. The van der Waals surface area contributed by atoms with Crippen molar-refractivity contribution in [1.29, 1.82) is 0 Å². The number of rotatable bonds is 6. The van der Waals surface area contributed by atoms with Gasteiger partial charge >= 0.3 is 0 Å². The summed E-state index contributed by atoms with van der Waals surface area (Å²) in [5.74, 6) is -0.393. The highest BCUT2D eigenvalue weighted by atomic mass is 35.5. The lowest BCUT2D eigenvalue weighted by Crippen LogP contribution is -2.52. The number of ether oxygens (including phenoxy) is 1. The minimum Gasteiger partial charge on any atom is -0.378 e. The van der Waals surface area contributed by atoms with Gasteiger partial charge in [-0.2, -0.15) is 0 Å². The van der Waals surface area contributed by atoms with Gasteiger partial charge in [0.05, 0.1) is 25.2 Å². The Morgan fingerprint density at radius 3 is 2.19 bits per heavy atom. The molecular formula is C25H31ClN4O5S. The Balaban J connectivity index is 1.41. The summed E-state index contributed by atoms with van der Waals surface area (Å²) in [6.45, 7) is 5.99. The number of amides is 2. The molecule has 0 aliphatic carbocycles. The summed E-state index contributed by atoms with van der Waals surface area (Å²) < 4.78 is 31.5. The number of hydrogen-bond acceptors (Lipinski definition) is 6. The molecule has 0 aromatic heterocycles. The average Bonchev–Trinajstić information content (AvgIpc) is 2.88. The fraction of sp³-hybridized carbons (Fsp3) is 0.440. The largest absolute Gasteiger partial charge is 0.378 e. The van der Waals surface area contributed by atoms with E-state index in [1.54, 1.807) is 34.1 Å². The standard InChI is InChI=1S/C25H31ClN4O5S/c1-19-3-6-21(26)17-23(19)27-9-11-28(12-10-27)24(31)18-30(36(2,33)34)22-7-4-20(5-8-22)25(32)29-13-15-35-16-14-29/h3-8,17H,9-16,18H2,1-2H3. The monoisotopic (exact) mass is 534 g/mol. The number of anilines is 2. The van der Waals surface area contributed by atoms with Crippen LogP contribution in [0.5, 0.6) is 0 Å². The number of hydrogen-bond donors (Lipinski definition) is 0. The molecule has 36 heavy (non-hydrogen) atoms. The van der Waals surface area contributed by atoms with E-state index in [4.69, 9.17) is 16.3 Å². The van der Waals surface area contributed by atoms with E-state index in [0.29, 0.717) is 68.8 Å². The highest BCUT2D eigenvalue weighted by Crippen LogP contribution is 2.26. The van der Waals surface area contributed by atoms with E-state index < -0.39 is 10.0 Å². The predicted molar refractivity (Wildman–Crippen MR) is 140 cm³/mol. The summed E-state index contributed by atoms with van der Waals surface area (Å²) in [6.07, 6.45) is 1.08. The van der Waals surface area contributed by atoms with Crippen LogP contribution in [0.3, 0.4) is 0 Å². The molecule has 2 aliphatic heterocycles. The van der Waals surface area contributed by atoms with Gasteiger partial charge in [0, 0.05) is 55.5 Å². The zero-order valence-corrected chi connectivity index (χ0v) is 22.1. The second-order valence-corrected chi connectivity index (χ2v) is 11.4. The van der Waals surface area contributed by atoms with Crippen LogP contribution < -0.4 is 9.21 Å². The summed E-state index contributed by atoms with van der Waals surface area (Å²) >= 11 is 6.16. The molecule has 194 valence electrons. The second kappa shape index (κ2) is 11.1. The van der Waals surface area contributed by atoms with Gasteiger partial charge in [0.15, 0.2) is 0 Å². The lowest BCUT2D eigenvalue weighted by Gasteiger charge is -2.37. The summed E-state index contributed by atoms with van der Waals surface area (Å²) in [5.41, 5.74) is 2.96. The Kier molecular flexibility index (Phi) is 8.07. The Hall–Kier alpha value is -2.82. The molecule has 2 aromatic rings. The van der Waals surface area contributed by atoms with Gasteiger partial charge in [-0.25, -0.2) is 8.42 Å². The Morgan fingerprint density at radius 2 is 1.58 bits per heavy atom. The molecule has 0 unspecified atom stereocenters. The van der Waals surface area contributed by atoms with E-state index in [2.05, 4.69) is 4.90 Å². The molecule has 2 amide bonds. The second-order valence-electron chi connectivity index (χ2n) is 9.02. The first-order valence-corrected chi connectivity index (χ1v) is 14.1. The van der Waals surface area contributed by atoms with Crippen molar-refractivity contribution in [2.75, 3.05) is 74.5 Å². The average molecular weight is 535 g/mol. The normalized spacial score (nSPS) is 16.7. The van der Waals surface area contributed by atoms with Crippen LogP contribution in [0.4, 0.5) is 11.4 Å². The van der Waals surface area contributed by atoms with Crippen LogP contribution in [0.1, 0.15) is 15.9 Å². The maximum absolute atomic E-state index is 13.1. The van der Waals surface area contributed by atoms with Crippen molar-refractivity contribution in [3.8, 4) is 0 Å². The van der Waals surface area contributed by atoms with Gasteiger partial charge in [0.2, 0.25) is 15.9 Å². The van der Waals surface area contributed by atoms with E-state index in [9.17, 15) is 18.0 Å². The first-order valence-electron chi connectivity index (χ1n) is 11.9. The van der Waals surface area contributed by atoms with Crippen LogP contribution in [0, 0.1) is 6.92 Å². The van der Waals surface area contributed by atoms with Gasteiger partial charge < -0.3 is 19.4 Å². The third-order valence-corrected chi connectivity index (χ3v) is 7.90. The molecule has 4 rings (SSSR count). The van der Waals surface area contributed by atoms with Crippen LogP contribution >= 0.6 is 11.6 Å². The number of sulfonamides is 1. The third kappa shape index (κ3) is 6.11. The lowest BCUT2D eigenvalue weighted by molar-refractivity contribution is -0.129. The highest BCUT2D eigenvalue weighted by molar-refractivity contribution is 7.92. The molecule has 0 bridgehead atoms. The minimum absolute atomic E-state index is 0.125. The molecule has 0 atom stereocenters. The molecule has 0 spiro atoms. The Bertz CT molecular complexity index is 1210. The van der Waals surface area contributed by atoms with Crippen LogP contribution in [0.15, 0.2) is 42.5 Å². The van der Waals surface area contributed by atoms with E-state index in [1.807, 2.05) is 25.1 Å². The number of aryl methyl sites for hydroxylation is 1. The highest BCUT2D eigenvalue weighted by Gasteiger charge is 2.27. The van der Waals surface area contributed by atoms with Crippen LogP contribution in [0.2, 0.25) is 5.02 Å². The fourth-order valence-electron chi connectivity index (χ4n) is 4.46.